The van der Waals surface area contributed by atoms with Gasteiger partial charge in [0.25, 0.3) is 0 Å². The van der Waals surface area contributed by atoms with Crippen LogP contribution in [-0.4, -0.2) is 35.7 Å². The molecule has 1 fully saturated rings. The van der Waals surface area contributed by atoms with E-state index in [1.807, 2.05) is 60.7 Å². The zero-order valence-electron chi connectivity index (χ0n) is 14.6. The summed E-state index contributed by atoms with van der Waals surface area (Å²) < 4.78 is 5.00. The van der Waals surface area contributed by atoms with Crippen molar-refractivity contribution in [2.45, 2.75) is 19.4 Å². The molecular weight excluding hydrogens is 330 g/mol. The Morgan fingerprint density at radius 1 is 1.04 bits per heavy atom. The van der Waals surface area contributed by atoms with Gasteiger partial charge >= 0.3 is 5.97 Å². The lowest BCUT2D eigenvalue weighted by molar-refractivity contribution is -0.162. The van der Waals surface area contributed by atoms with Gasteiger partial charge in [0.15, 0.2) is 11.7 Å². The lowest BCUT2D eigenvalue weighted by atomic mass is 9.82. The van der Waals surface area contributed by atoms with Crippen LogP contribution in [0.15, 0.2) is 60.7 Å². The smallest absolute Gasteiger partial charge is 0.326 e. The van der Waals surface area contributed by atoms with Crippen molar-refractivity contribution in [3.63, 3.8) is 0 Å². The Bertz CT molecular complexity index is 788. The highest BCUT2D eigenvalue weighted by atomic mass is 16.5. The highest BCUT2D eigenvalue weighted by Gasteiger charge is 2.47. The normalized spacial score (nSPS) is 20.1. The van der Waals surface area contributed by atoms with Gasteiger partial charge in [-0.25, -0.2) is 0 Å². The van der Waals surface area contributed by atoms with E-state index in [1.54, 1.807) is 11.8 Å². The van der Waals surface area contributed by atoms with Crippen molar-refractivity contribution in [1.82, 2.24) is 4.90 Å². The predicted molar refractivity (Wildman–Crippen MR) is 96.2 cm³/mol. The lowest BCUT2D eigenvalue weighted by Gasteiger charge is -2.35. The van der Waals surface area contributed by atoms with Crippen LogP contribution in [0.5, 0.6) is 0 Å². The molecule has 2 aromatic rings. The van der Waals surface area contributed by atoms with E-state index in [0.29, 0.717) is 6.54 Å². The van der Waals surface area contributed by atoms with Crippen LogP contribution in [-0.2, 0) is 25.7 Å². The van der Waals surface area contributed by atoms with Crippen molar-refractivity contribution in [2.75, 3.05) is 13.2 Å². The summed E-state index contributed by atoms with van der Waals surface area (Å²) in [5.41, 5.74) is 1.75. The third-order valence-corrected chi connectivity index (χ3v) is 4.53. The molecule has 1 saturated heterocycles. The van der Waals surface area contributed by atoms with E-state index in [9.17, 15) is 14.4 Å². The maximum Gasteiger partial charge on any atom is 0.326 e. The lowest BCUT2D eigenvalue weighted by Crippen LogP contribution is -2.52. The number of Topliss-reactive ketones (excluding diaryl/α,β-unsaturated/α-hetero) is 1. The van der Waals surface area contributed by atoms with Gasteiger partial charge < -0.3 is 9.64 Å². The fraction of sp³-hybridized carbons (Fsp3) is 0.286. The summed E-state index contributed by atoms with van der Waals surface area (Å²) in [6.45, 7) is 2.40. The summed E-state index contributed by atoms with van der Waals surface area (Å²) in [5, 5.41) is 0. The third kappa shape index (κ3) is 3.67. The van der Waals surface area contributed by atoms with Gasteiger partial charge in [-0.2, -0.15) is 0 Å². The van der Waals surface area contributed by atoms with Gasteiger partial charge in [-0.3, -0.25) is 14.4 Å². The van der Waals surface area contributed by atoms with Crippen LogP contribution in [0.2, 0.25) is 0 Å². The predicted octanol–water partition coefficient (Wildman–Crippen LogP) is 2.56. The van der Waals surface area contributed by atoms with Crippen LogP contribution in [0.25, 0.3) is 0 Å². The summed E-state index contributed by atoms with van der Waals surface area (Å²) in [4.78, 5) is 39.6. The molecule has 5 nitrogen and oxygen atoms in total. The van der Waals surface area contributed by atoms with Gasteiger partial charge in [-0.05, 0) is 18.1 Å². The number of hydrogen-bond donors (Lipinski definition) is 0. The van der Waals surface area contributed by atoms with E-state index in [2.05, 4.69) is 0 Å². The van der Waals surface area contributed by atoms with Gasteiger partial charge in [0, 0.05) is 13.1 Å². The van der Waals surface area contributed by atoms with E-state index < -0.39 is 23.7 Å². The number of likely N-dealkylation sites (tertiary alicyclic amines) is 1. The van der Waals surface area contributed by atoms with Crippen LogP contribution in [0.3, 0.4) is 0 Å². The standard InChI is InChI=1S/C21H21NO4/c1-2-26-21(25)18-19(23)17(16-11-7-4-8-12-16)14-22(20(18)24)13-15-9-5-3-6-10-15/h3-12,17-18H,2,13-14H2,1H3. The molecule has 0 aliphatic carbocycles. The highest BCUT2D eigenvalue weighted by Crippen LogP contribution is 2.30. The molecule has 0 aromatic heterocycles. The molecule has 5 heteroatoms. The Morgan fingerprint density at radius 2 is 1.65 bits per heavy atom. The molecule has 3 rings (SSSR count). The molecule has 0 N–H and O–H groups in total. The SMILES string of the molecule is CCOC(=O)C1C(=O)C(c2ccccc2)CN(Cc2ccccc2)C1=O. The van der Waals surface area contributed by atoms with Crippen LogP contribution >= 0.6 is 0 Å². The Kier molecular flexibility index (Phi) is 5.46. The third-order valence-electron chi connectivity index (χ3n) is 4.53. The average molecular weight is 351 g/mol. The molecule has 0 saturated carbocycles. The van der Waals surface area contributed by atoms with E-state index >= 15 is 0 Å². The van der Waals surface area contributed by atoms with Gasteiger partial charge in [0.2, 0.25) is 5.91 Å². The Morgan fingerprint density at radius 3 is 2.27 bits per heavy atom. The first kappa shape index (κ1) is 17.9. The van der Waals surface area contributed by atoms with Crippen LogP contribution in [0.1, 0.15) is 24.0 Å². The summed E-state index contributed by atoms with van der Waals surface area (Å²) >= 11 is 0. The fourth-order valence-corrected chi connectivity index (χ4v) is 3.25. The first-order valence-electron chi connectivity index (χ1n) is 8.69. The second-order valence-corrected chi connectivity index (χ2v) is 6.26. The number of rotatable bonds is 5. The molecule has 0 spiro atoms. The van der Waals surface area contributed by atoms with Crippen LogP contribution in [0.4, 0.5) is 0 Å². The largest absolute Gasteiger partial charge is 0.465 e. The number of hydrogen-bond acceptors (Lipinski definition) is 4. The number of benzene rings is 2. The van der Waals surface area contributed by atoms with Crippen molar-refractivity contribution < 1.29 is 19.1 Å². The number of ether oxygens (including phenoxy) is 1. The molecule has 26 heavy (non-hydrogen) atoms. The number of ketones is 1. The summed E-state index contributed by atoms with van der Waals surface area (Å²) in [6, 6.07) is 18.8. The van der Waals surface area contributed by atoms with Crippen molar-refractivity contribution in [3.05, 3.63) is 71.8 Å². The van der Waals surface area contributed by atoms with Gasteiger partial charge in [-0.1, -0.05) is 60.7 Å². The van der Waals surface area contributed by atoms with Crippen molar-refractivity contribution in [1.29, 1.82) is 0 Å². The topological polar surface area (TPSA) is 63.7 Å². The number of carbonyl (C=O) groups excluding carboxylic acids is 3. The molecule has 0 bridgehead atoms. The number of nitrogens with zero attached hydrogens (tertiary/aromatic N) is 1. The quantitative estimate of drug-likeness (QED) is 0.613. The molecule has 1 aliphatic rings. The molecule has 0 radical (unpaired) electrons. The maximum absolute atomic E-state index is 12.9. The first-order valence-corrected chi connectivity index (χ1v) is 8.69. The molecular formula is C21H21NO4. The van der Waals surface area contributed by atoms with E-state index in [1.165, 1.54) is 0 Å². The monoisotopic (exact) mass is 351 g/mol. The number of piperidine rings is 1. The van der Waals surface area contributed by atoms with Gasteiger partial charge in [0.05, 0.1) is 12.5 Å². The summed E-state index contributed by atoms with van der Waals surface area (Å²) in [7, 11) is 0. The Hall–Kier alpha value is -2.95. The highest BCUT2D eigenvalue weighted by molar-refractivity contribution is 6.19. The Balaban J connectivity index is 1.92. The fourth-order valence-electron chi connectivity index (χ4n) is 3.25. The van der Waals surface area contributed by atoms with Crippen molar-refractivity contribution in [3.8, 4) is 0 Å². The van der Waals surface area contributed by atoms with Crippen molar-refractivity contribution >= 4 is 17.7 Å². The van der Waals surface area contributed by atoms with Gasteiger partial charge in [0.1, 0.15) is 0 Å². The molecule has 2 aromatic carbocycles. The van der Waals surface area contributed by atoms with Gasteiger partial charge in [-0.15, -0.1) is 0 Å². The van der Waals surface area contributed by atoms with Crippen molar-refractivity contribution in [2.24, 2.45) is 5.92 Å². The number of amides is 1. The first-order chi connectivity index (χ1) is 12.6. The van der Waals surface area contributed by atoms with Crippen LogP contribution in [0, 0.1) is 5.92 Å². The summed E-state index contributed by atoms with van der Waals surface area (Å²) in [6.07, 6.45) is 0. The molecule has 2 atom stereocenters. The molecule has 1 amide bonds. The minimum atomic E-state index is -1.39. The number of carbonyl (C=O) groups is 3. The molecule has 1 aliphatic heterocycles. The Labute approximate surface area is 152 Å². The zero-order chi connectivity index (χ0) is 18.5. The maximum atomic E-state index is 12.9. The average Bonchev–Trinajstić information content (AvgIpc) is 2.66. The second kappa shape index (κ2) is 7.95. The van der Waals surface area contributed by atoms with E-state index in [4.69, 9.17) is 4.74 Å². The molecule has 2 unspecified atom stereocenters. The minimum absolute atomic E-state index is 0.130. The van der Waals surface area contributed by atoms with Crippen LogP contribution < -0.4 is 0 Å². The molecule has 1 heterocycles. The number of esters is 1. The zero-order valence-corrected chi connectivity index (χ0v) is 14.6. The van der Waals surface area contributed by atoms with E-state index in [-0.39, 0.29) is 18.9 Å². The molecule has 134 valence electrons. The second-order valence-electron chi connectivity index (χ2n) is 6.26. The van der Waals surface area contributed by atoms with E-state index in [0.717, 1.165) is 11.1 Å². The minimum Gasteiger partial charge on any atom is -0.465 e. The summed E-state index contributed by atoms with van der Waals surface area (Å²) in [5.74, 6) is -3.56.